The molecule has 0 radical (unpaired) electrons. The highest BCUT2D eigenvalue weighted by Gasteiger charge is 2.47. The predicted molar refractivity (Wildman–Crippen MR) is 126 cm³/mol. The van der Waals surface area contributed by atoms with E-state index in [9.17, 15) is 14.7 Å². The fraction of sp³-hybridized carbons (Fsp3) is 0.360. The van der Waals surface area contributed by atoms with E-state index in [1.807, 2.05) is 13.8 Å². The highest BCUT2D eigenvalue weighted by Crippen LogP contribution is 2.46. The monoisotopic (exact) mass is 473 g/mol. The molecule has 1 saturated heterocycles. The molecule has 0 spiro atoms. The molecule has 7 nitrogen and oxygen atoms in total. The van der Waals surface area contributed by atoms with Crippen LogP contribution in [0.2, 0.25) is 5.02 Å². The number of benzene rings is 2. The number of amides is 1. The molecule has 2 aromatic rings. The average Bonchev–Trinajstić information content (AvgIpc) is 3.07. The number of para-hydroxylation sites is 1. The largest absolute Gasteiger partial charge is 0.507 e. The SMILES string of the molecule is CCCCN1C(=O)C(=O)/C(=C(/O)c2cc(OCC)ccc2Cl)C1c1cccc(OC)c1OC. The number of carbonyl (C=O) groups is 2. The van der Waals surface area contributed by atoms with E-state index in [2.05, 4.69) is 0 Å². The molecular formula is C25H28ClNO6. The molecule has 0 bridgehead atoms. The Morgan fingerprint density at radius 3 is 2.52 bits per heavy atom. The lowest BCUT2D eigenvalue weighted by molar-refractivity contribution is -0.139. The van der Waals surface area contributed by atoms with Crippen LogP contribution in [0.3, 0.4) is 0 Å². The van der Waals surface area contributed by atoms with Crippen molar-refractivity contribution in [3.8, 4) is 17.2 Å². The van der Waals surface area contributed by atoms with Crippen molar-refractivity contribution in [1.29, 1.82) is 0 Å². The Balaban J connectivity index is 2.28. The van der Waals surface area contributed by atoms with Gasteiger partial charge in [0.05, 0.1) is 37.5 Å². The number of hydrogen-bond donors (Lipinski definition) is 1. The maximum atomic E-state index is 13.2. The van der Waals surface area contributed by atoms with Gasteiger partial charge in [-0.1, -0.05) is 37.1 Å². The van der Waals surface area contributed by atoms with Crippen molar-refractivity contribution in [2.75, 3.05) is 27.4 Å². The van der Waals surface area contributed by atoms with Crippen LogP contribution in [0, 0.1) is 0 Å². The highest BCUT2D eigenvalue weighted by molar-refractivity contribution is 6.47. The Kier molecular flexibility index (Phi) is 7.87. The van der Waals surface area contributed by atoms with Gasteiger partial charge in [-0.05, 0) is 37.6 Å². The lowest BCUT2D eigenvalue weighted by Gasteiger charge is -2.27. The zero-order chi connectivity index (χ0) is 24.1. The second kappa shape index (κ2) is 10.6. The number of ether oxygens (including phenoxy) is 3. The quantitative estimate of drug-likeness (QED) is 0.314. The lowest BCUT2D eigenvalue weighted by atomic mass is 9.94. The molecule has 0 aliphatic carbocycles. The summed E-state index contributed by atoms with van der Waals surface area (Å²) in [5.74, 6) is -0.512. The predicted octanol–water partition coefficient (Wildman–Crippen LogP) is 4.98. The number of rotatable bonds is 9. The summed E-state index contributed by atoms with van der Waals surface area (Å²) < 4.78 is 16.5. The average molecular weight is 474 g/mol. The molecule has 1 fully saturated rings. The van der Waals surface area contributed by atoms with Crippen LogP contribution in [0.15, 0.2) is 42.0 Å². The fourth-order valence-corrected chi connectivity index (χ4v) is 4.18. The second-order valence-electron chi connectivity index (χ2n) is 7.50. The van der Waals surface area contributed by atoms with E-state index in [1.54, 1.807) is 36.4 Å². The van der Waals surface area contributed by atoms with Crippen LogP contribution in [0.5, 0.6) is 17.2 Å². The maximum Gasteiger partial charge on any atom is 0.295 e. The van der Waals surface area contributed by atoms with Crippen molar-refractivity contribution < 1.29 is 28.9 Å². The van der Waals surface area contributed by atoms with Crippen LogP contribution in [-0.2, 0) is 9.59 Å². The topological polar surface area (TPSA) is 85.3 Å². The van der Waals surface area contributed by atoms with Crippen molar-refractivity contribution in [3.63, 3.8) is 0 Å². The minimum atomic E-state index is -0.867. The Morgan fingerprint density at radius 2 is 1.88 bits per heavy atom. The molecule has 2 aromatic carbocycles. The zero-order valence-electron chi connectivity index (χ0n) is 19.2. The van der Waals surface area contributed by atoms with Gasteiger partial charge in [-0.2, -0.15) is 0 Å². The first-order chi connectivity index (χ1) is 15.9. The van der Waals surface area contributed by atoms with E-state index < -0.39 is 17.7 Å². The number of aliphatic hydroxyl groups excluding tert-OH is 1. The molecule has 1 amide bonds. The van der Waals surface area contributed by atoms with Crippen LogP contribution in [0.25, 0.3) is 5.76 Å². The minimum Gasteiger partial charge on any atom is -0.507 e. The molecule has 3 rings (SSSR count). The number of hydrogen-bond acceptors (Lipinski definition) is 6. The van der Waals surface area contributed by atoms with Gasteiger partial charge in [-0.15, -0.1) is 0 Å². The van der Waals surface area contributed by atoms with Crippen molar-refractivity contribution in [3.05, 3.63) is 58.1 Å². The maximum absolute atomic E-state index is 13.2. The Morgan fingerprint density at radius 1 is 1.12 bits per heavy atom. The number of unbranched alkanes of at least 4 members (excludes halogenated alkanes) is 1. The number of carbonyl (C=O) groups excluding carboxylic acids is 2. The smallest absolute Gasteiger partial charge is 0.295 e. The number of likely N-dealkylation sites (tertiary alicyclic amines) is 1. The summed E-state index contributed by atoms with van der Waals surface area (Å²) in [6.07, 6.45) is 1.52. The van der Waals surface area contributed by atoms with Crippen LogP contribution in [0.4, 0.5) is 0 Å². The summed E-state index contributed by atoms with van der Waals surface area (Å²) in [6, 6.07) is 9.17. The van der Waals surface area contributed by atoms with Gasteiger partial charge in [0, 0.05) is 17.7 Å². The summed E-state index contributed by atoms with van der Waals surface area (Å²) in [5.41, 5.74) is 0.687. The third-order valence-electron chi connectivity index (χ3n) is 5.52. The number of methoxy groups -OCH3 is 2. The lowest BCUT2D eigenvalue weighted by Crippen LogP contribution is -2.30. The van der Waals surface area contributed by atoms with E-state index in [-0.39, 0.29) is 21.9 Å². The van der Waals surface area contributed by atoms with Gasteiger partial charge in [0.15, 0.2) is 11.5 Å². The summed E-state index contributed by atoms with van der Waals surface area (Å²) in [6.45, 7) is 4.60. The van der Waals surface area contributed by atoms with Gasteiger partial charge in [0.1, 0.15) is 11.5 Å². The fourth-order valence-electron chi connectivity index (χ4n) is 3.98. The van der Waals surface area contributed by atoms with Crippen molar-refractivity contribution in [1.82, 2.24) is 4.90 Å². The van der Waals surface area contributed by atoms with Gasteiger partial charge in [-0.25, -0.2) is 0 Å². The summed E-state index contributed by atoms with van der Waals surface area (Å²) in [7, 11) is 3.00. The van der Waals surface area contributed by atoms with Gasteiger partial charge in [0.2, 0.25) is 0 Å². The number of ketones is 1. The third kappa shape index (κ3) is 4.64. The van der Waals surface area contributed by atoms with Crippen LogP contribution >= 0.6 is 11.6 Å². The van der Waals surface area contributed by atoms with E-state index in [0.29, 0.717) is 42.4 Å². The Bertz CT molecular complexity index is 1080. The number of nitrogens with zero attached hydrogens (tertiary/aromatic N) is 1. The van der Waals surface area contributed by atoms with Crippen LogP contribution in [-0.4, -0.2) is 49.1 Å². The molecular weight excluding hydrogens is 446 g/mol. The molecule has 33 heavy (non-hydrogen) atoms. The van der Waals surface area contributed by atoms with E-state index in [0.717, 1.165) is 6.42 Å². The van der Waals surface area contributed by atoms with E-state index >= 15 is 0 Å². The van der Waals surface area contributed by atoms with Gasteiger partial charge >= 0.3 is 0 Å². The van der Waals surface area contributed by atoms with Crippen molar-refractivity contribution in [2.45, 2.75) is 32.7 Å². The minimum absolute atomic E-state index is 0.0572. The Hall–Kier alpha value is -3.19. The molecule has 8 heteroatoms. The van der Waals surface area contributed by atoms with Gasteiger partial charge < -0.3 is 24.2 Å². The zero-order valence-corrected chi connectivity index (χ0v) is 19.9. The first-order valence-electron chi connectivity index (χ1n) is 10.8. The van der Waals surface area contributed by atoms with Gasteiger partial charge in [-0.3, -0.25) is 9.59 Å². The number of Topliss-reactive ketones (excluding diaryl/α,β-unsaturated/α-hetero) is 1. The molecule has 176 valence electrons. The number of halogens is 1. The summed E-state index contributed by atoms with van der Waals surface area (Å²) in [4.78, 5) is 27.7. The molecule has 1 N–H and O–H groups in total. The molecule has 1 unspecified atom stereocenters. The van der Waals surface area contributed by atoms with Crippen LogP contribution in [0.1, 0.15) is 43.9 Å². The molecule has 1 aliphatic heterocycles. The first-order valence-corrected chi connectivity index (χ1v) is 11.2. The molecule has 1 heterocycles. The molecule has 0 saturated carbocycles. The third-order valence-corrected chi connectivity index (χ3v) is 5.85. The Labute approximate surface area is 198 Å². The summed E-state index contributed by atoms with van der Waals surface area (Å²) in [5, 5.41) is 11.5. The molecule has 1 atom stereocenters. The van der Waals surface area contributed by atoms with Gasteiger partial charge in [0.25, 0.3) is 11.7 Å². The standard InChI is InChI=1S/C25H28ClNO6/c1-5-7-13-27-21(16-9-8-10-19(31-3)24(16)32-4)20(23(29)25(27)30)22(28)17-14-15(33-6-2)11-12-18(17)26/h8-12,14,21,28H,5-7,13H2,1-4H3/b22-20+. The normalized spacial score (nSPS) is 17.4. The molecule has 0 aromatic heterocycles. The summed E-state index contributed by atoms with van der Waals surface area (Å²) >= 11 is 6.37. The van der Waals surface area contributed by atoms with Crippen LogP contribution < -0.4 is 14.2 Å². The van der Waals surface area contributed by atoms with Crippen molar-refractivity contribution in [2.24, 2.45) is 0 Å². The number of aliphatic hydroxyl groups is 1. The highest BCUT2D eigenvalue weighted by atomic mass is 35.5. The molecule has 1 aliphatic rings. The van der Waals surface area contributed by atoms with E-state index in [4.69, 9.17) is 25.8 Å². The van der Waals surface area contributed by atoms with E-state index in [1.165, 1.54) is 19.1 Å². The van der Waals surface area contributed by atoms with Crippen molar-refractivity contribution >= 4 is 29.1 Å². The first kappa shape index (κ1) is 24.5. The second-order valence-corrected chi connectivity index (χ2v) is 7.91.